The number of phenols is 1. The first-order valence-corrected chi connectivity index (χ1v) is 6.41. The highest BCUT2D eigenvalue weighted by molar-refractivity contribution is 5.94. The van der Waals surface area contributed by atoms with Crippen LogP contribution in [-0.4, -0.2) is 42.0 Å². The number of nitrogens with zero attached hydrogens (tertiary/aromatic N) is 1. The summed E-state index contributed by atoms with van der Waals surface area (Å²) in [6.07, 6.45) is 1.65. The molecule has 1 aromatic rings. The van der Waals surface area contributed by atoms with Crippen molar-refractivity contribution in [3.8, 4) is 5.75 Å². The van der Waals surface area contributed by atoms with Gasteiger partial charge < -0.3 is 15.3 Å². The van der Waals surface area contributed by atoms with Gasteiger partial charge in [0.25, 0.3) is 5.91 Å². The Bertz CT molecular complexity index is 470. The molecule has 0 radical (unpaired) electrons. The van der Waals surface area contributed by atoms with Crippen LogP contribution in [0, 0.1) is 5.92 Å². The minimum atomic E-state index is -0.125. The highest BCUT2D eigenvalue weighted by Gasteiger charge is 2.28. The summed E-state index contributed by atoms with van der Waals surface area (Å²) in [6.45, 7) is 1.13. The van der Waals surface area contributed by atoms with E-state index in [1.54, 1.807) is 24.1 Å². The number of phenolic OH excluding ortho intramolecular Hbond substituents is 1. The number of benzene rings is 1. The number of rotatable bonds is 2. The molecule has 2 N–H and O–H groups in total. The molecule has 1 atom stereocenters. The summed E-state index contributed by atoms with van der Waals surface area (Å²) in [5.41, 5.74) is 0.537. The predicted molar refractivity (Wildman–Crippen MR) is 70.8 cm³/mol. The fourth-order valence-electron chi connectivity index (χ4n) is 2.37. The van der Waals surface area contributed by atoms with E-state index in [9.17, 15) is 14.7 Å². The van der Waals surface area contributed by atoms with Crippen molar-refractivity contribution in [3.63, 3.8) is 0 Å². The van der Waals surface area contributed by atoms with E-state index >= 15 is 0 Å². The number of amides is 2. The first-order valence-electron chi connectivity index (χ1n) is 6.41. The fourth-order valence-corrected chi connectivity index (χ4v) is 2.37. The first-order chi connectivity index (χ1) is 9.11. The van der Waals surface area contributed by atoms with Crippen LogP contribution in [0.2, 0.25) is 0 Å². The number of piperidine rings is 1. The lowest BCUT2D eigenvalue weighted by atomic mass is 9.96. The van der Waals surface area contributed by atoms with Crippen LogP contribution in [-0.2, 0) is 4.79 Å². The van der Waals surface area contributed by atoms with Gasteiger partial charge in [-0.25, -0.2) is 0 Å². The Hall–Kier alpha value is -2.04. The van der Waals surface area contributed by atoms with E-state index in [2.05, 4.69) is 5.32 Å². The molecule has 0 bridgehead atoms. The molecular weight excluding hydrogens is 244 g/mol. The summed E-state index contributed by atoms with van der Waals surface area (Å²) in [6, 6.07) is 6.18. The van der Waals surface area contributed by atoms with E-state index < -0.39 is 0 Å². The summed E-state index contributed by atoms with van der Waals surface area (Å²) >= 11 is 0. The van der Waals surface area contributed by atoms with E-state index in [0.29, 0.717) is 18.7 Å². The Kier molecular flexibility index (Phi) is 4.04. The van der Waals surface area contributed by atoms with Crippen LogP contribution in [0.5, 0.6) is 5.75 Å². The minimum Gasteiger partial charge on any atom is -0.508 e. The van der Waals surface area contributed by atoms with E-state index in [4.69, 9.17) is 0 Å². The van der Waals surface area contributed by atoms with Gasteiger partial charge in [0.15, 0.2) is 0 Å². The molecular formula is C14H18N2O3. The number of hydrogen-bond acceptors (Lipinski definition) is 3. The summed E-state index contributed by atoms with van der Waals surface area (Å²) in [5.74, 6) is -0.0879. The van der Waals surface area contributed by atoms with Crippen LogP contribution < -0.4 is 5.32 Å². The summed E-state index contributed by atoms with van der Waals surface area (Å²) in [5, 5.41) is 11.8. The quantitative estimate of drug-likeness (QED) is 0.835. The van der Waals surface area contributed by atoms with Crippen LogP contribution in [0.1, 0.15) is 23.2 Å². The second kappa shape index (κ2) is 5.73. The zero-order chi connectivity index (χ0) is 13.8. The van der Waals surface area contributed by atoms with Gasteiger partial charge in [-0.05, 0) is 37.1 Å². The van der Waals surface area contributed by atoms with Gasteiger partial charge in [0.1, 0.15) is 5.75 Å². The second-order valence-corrected chi connectivity index (χ2v) is 4.75. The Labute approximate surface area is 112 Å². The highest BCUT2D eigenvalue weighted by atomic mass is 16.3. The zero-order valence-corrected chi connectivity index (χ0v) is 10.9. The molecule has 2 rings (SSSR count). The molecule has 1 aliphatic rings. The monoisotopic (exact) mass is 262 g/mol. The van der Waals surface area contributed by atoms with Crippen molar-refractivity contribution in [2.24, 2.45) is 5.92 Å². The largest absolute Gasteiger partial charge is 0.508 e. The number of carbonyl (C=O) groups is 2. The minimum absolute atomic E-state index is 0.0109. The summed E-state index contributed by atoms with van der Waals surface area (Å²) in [7, 11) is 1.61. The van der Waals surface area contributed by atoms with Crippen LogP contribution in [0.3, 0.4) is 0 Å². The molecule has 102 valence electrons. The smallest absolute Gasteiger partial charge is 0.253 e. The molecule has 5 heteroatoms. The number of likely N-dealkylation sites (tertiary alicyclic amines) is 1. The molecule has 2 amide bonds. The van der Waals surface area contributed by atoms with Gasteiger partial charge >= 0.3 is 0 Å². The van der Waals surface area contributed by atoms with Crippen molar-refractivity contribution < 1.29 is 14.7 Å². The van der Waals surface area contributed by atoms with Gasteiger partial charge in [0.2, 0.25) is 5.91 Å². The van der Waals surface area contributed by atoms with Gasteiger partial charge in [-0.15, -0.1) is 0 Å². The van der Waals surface area contributed by atoms with E-state index in [-0.39, 0.29) is 23.5 Å². The lowest BCUT2D eigenvalue weighted by Crippen LogP contribution is -2.44. The van der Waals surface area contributed by atoms with Gasteiger partial charge in [-0.2, -0.15) is 0 Å². The molecule has 1 unspecified atom stereocenters. The average molecular weight is 262 g/mol. The standard InChI is InChI=1S/C14H18N2O3/c1-15-13(18)11-3-2-8-16(9-11)14(19)10-4-6-12(17)7-5-10/h4-7,11,17H,2-3,8-9H2,1H3,(H,15,18). The Morgan fingerprint density at radius 1 is 1.32 bits per heavy atom. The molecule has 19 heavy (non-hydrogen) atoms. The van der Waals surface area contributed by atoms with Crippen molar-refractivity contribution >= 4 is 11.8 Å². The fraction of sp³-hybridized carbons (Fsp3) is 0.429. The molecule has 0 saturated carbocycles. The number of carbonyl (C=O) groups excluding carboxylic acids is 2. The maximum absolute atomic E-state index is 12.3. The third-order valence-electron chi connectivity index (χ3n) is 3.44. The van der Waals surface area contributed by atoms with Gasteiger partial charge in [0.05, 0.1) is 5.92 Å². The summed E-state index contributed by atoms with van der Waals surface area (Å²) in [4.78, 5) is 25.6. The molecule has 5 nitrogen and oxygen atoms in total. The van der Waals surface area contributed by atoms with Crippen LogP contribution in [0.15, 0.2) is 24.3 Å². The maximum atomic E-state index is 12.3. The molecule has 1 saturated heterocycles. The lowest BCUT2D eigenvalue weighted by Gasteiger charge is -2.31. The molecule has 1 aliphatic heterocycles. The topological polar surface area (TPSA) is 69.6 Å². The first kappa shape index (κ1) is 13.4. The molecule has 1 aromatic carbocycles. The highest BCUT2D eigenvalue weighted by Crippen LogP contribution is 2.19. The number of hydrogen-bond donors (Lipinski definition) is 2. The second-order valence-electron chi connectivity index (χ2n) is 4.75. The molecule has 0 aliphatic carbocycles. The molecule has 0 spiro atoms. The van der Waals surface area contributed by atoms with Crippen LogP contribution in [0.4, 0.5) is 0 Å². The zero-order valence-electron chi connectivity index (χ0n) is 10.9. The van der Waals surface area contributed by atoms with E-state index in [0.717, 1.165) is 12.8 Å². The SMILES string of the molecule is CNC(=O)C1CCCN(C(=O)c2ccc(O)cc2)C1. The van der Waals surface area contributed by atoms with Gasteiger partial charge in [-0.3, -0.25) is 9.59 Å². The third-order valence-corrected chi connectivity index (χ3v) is 3.44. The third kappa shape index (κ3) is 3.05. The van der Waals surface area contributed by atoms with Crippen molar-refractivity contribution in [2.75, 3.05) is 20.1 Å². The van der Waals surface area contributed by atoms with Crippen LogP contribution >= 0.6 is 0 Å². The van der Waals surface area contributed by atoms with Crippen molar-refractivity contribution in [3.05, 3.63) is 29.8 Å². The molecule has 1 heterocycles. The Morgan fingerprint density at radius 2 is 2.00 bits per heavy atom. The molecule has 1 fully saturated rings. The van der Waals surface area contributed by atoms with E-state index in [1.807, 2.05) is 0 Å². The Balaban J connectivity index is 2.06. The normalized spacial score (nSPS) is 19.0. The van der Waals surface area contributed by atoms with E-state index in [1.165, 1.54) is 12.1 Å². The average Bonchev–Trinajstić information content (AvgIpc) is 2.46. The van der Waals surface area contributed by atoms with Crippen LogP contribution in [0.25, 0.3) is 0 Å². The van der Waals surface area contributed by atoms with Crippen molar-refractivity contribution in [2.45, 2.75) is 12.8 Å². The molecule has 0 aromatic heterocycles. The maximum Gasteiger partial charge on any atom is 0.253 e. The van der Waals surface area contributed by atoms with Gasteiger partial charge in [-0.1, -0.05) is 0 Å². The van der Waals surface area contributed by atoms with Crippen molar-refractivity contribution in [1.82, 2.24) is 10.2 Å². The Morgan fingerprint density at radius 3 is 2.63 bits per heavy atom. The van der Waals surface area contributed by atoms with Gasteiger partial charge in [0, 0.05) is 25.7 Å². The van der Waals surface area contributed by atoms with Crippen molar-refractivity contribution in [1.29, 1.82) is 0 Å². The predicted octanol–water partition coefficient (Wildman–Crippen LogP) is 0.990. The summed E-state index contributed by atoms with van der Waals surface area (Å²) < 4.78 is 0. The number of nitrogens with one attached hydrogen (secondary N) is 1. The lowest BCUT2D eigenvalue weighted by molar-refractivity contribution is -0.125. The number of aromatic hydroxyl groups is 1.